The number of thioether (sulfide) groups is 1. The molecule has 15 heavy (non-hydrogen) atoms. The summed E-state index contributed by atoms with van der Waals surface area (Å²) in [6.45, 7) is 5.53. The largest absolute Gasteiger partial charge is 0.311 e. The summed E-state index contributed by atoms with van der Waals surface area (Å²) >= 11 is 3.50. The van der Waals surface area contributed by atoms with Gasteiger partial charge in [-0.05, 0) is 6.07 Å². The van der Waals surface area contributed by atoms with Crippen molar-refractivity contribution in [2.24, 2.45) is 0 Å². The molecule has 1 aromatic heterocycles. The van der Waals surface area contributed by atoms with E-state index in [-0.39, 0.29) is 0 Å². The third-order valence-corrected chi connectivity index (χ3v) is 3.64. The highest BCUT2D eigenvalue weighted by atomic mass is 32.2. The zero-order valence-electron chi connectivity index (χ0n) is 8.53. The van der Waals surface area contributed by atoms with E-state index in [4.69, 9.17) is 5.26 Å². The third-order valence-electron chi connectivity index (χ3n) is 1.74. The highest BCUT2D eigenvalue weighted by Crippen LogP contribution is 2.13. The fourth-order valence-corrected chi connectivity index (χ4v) is 2.46. The smallest absolute Gasteiger partial charge is 0.100 e. The van der Waals surface area contributed by atoms with E-state index < -0.39 is 0 Å². The summed E-state index contributed by atoms with van der Waals surface area (Å²) in [5.41, 5.74) is 0.762. The van der Waals surface area contributed by atoms with Gasteiger partial charge in [-0.3, -0.25) is 0 Å². The van der Waals surface area contributed by atoms with Gasteiger partial charge in [0.1, 0.15) is 6.07 Å². The minimum Gasteiger partial charge on any atom is -0.311 e. The molecule has 0 aliphatic rings. The summed E-state index contributed by atoms with van der Waals surface area (Å²) in [7, 11) is 0. The predicted octanol–water partition coefficient (Wildman–Crippen LogP) is 2.63. The molecule has 0 aliphatic carbocycles. The van der Waals surface area contributed by atoms with Crippen LogP contribution < -0.4 is 5.32 Å². The van der Waals surface area contributed by atoms with Gasteiger partial charge in [0.25, 0.3) is 0 Å². The van der Waals surface area contributed by atoms with Gasteiger partial charge in [0.05, 0.1) is 5.56 Å². The van der Waals surface area contributed by atoms with Crippen LogP contribution in [-0.2, 0) is 6.54 Å². The predicted molar refractivity (Wildman–Crippen MR) is 68.3 cm³/mol. The Morgan fingerprint density at radius 1 is 1.67 bits per heavy atom. The van der Waals surface area contributed by atoms with Crippen LogP contribution in [0.5, 0.6) is 0 Å². The Morgan fingerprint density at radius 3 is 3.20 bits per heavy atom. The van der Waals surface area contributed by atoms with Gasteiger partial charge in [-0.1, -0.05) is 6.08 Å². The van der Waals surface area contributed by atoms with Crippen molar-refractivity contribution in [3.8, 4) is 6.07 Å². The molecule has 0 aliphatic heterocycles. The topological polar surface area (TPSA) is 35.8 Å². The van der Waals surface area contributed by atoms with Crippen LogP contribution in [0.4, 0.5) is 0 Å². The normalized spacial score (nSPS) is 9.80. The molecular weight excluding hydrogens is 224 g/mol. The molecule has 80 valence electrons. The van der Waals surface area contributed by atoms with E-state index in [1.165, 1.54) is 4.88 Å². The second kappa shape index (κ2) is 7.52. The van der Waals surface area contributed by atoms with Gasteiger partial charge >= 0.3 is 0 Å². The van der Waals surface area contributed by atoms with E-state index >= 15 is 0 Å². The fraction of sp³-hybridized carbons (Fsp3) is 0.364. The maximum absolute atomic E-state index is 8.64. The van der Waals surface area contributed by atoms with E-state index in [9.17, 15) is 0 Å². The molecule has 0 fully saturated rings. The molecule has 0 saturated carbocycles. The van der Waals surface area contributed by atoms with E-state index in [1.807, 2.05) is 29.3 Å². The van der Waals surface area contributed by atoms with E-state index in [0.29, 0.717) is 0 Å². The molecule has 0 spiro atoms. The number of nitriles is 1. The molecule has 0 atom stereocenters. The highest BCUT2D eigenvalue weighted by molar-refractivity contribution is 7.99. The Hall–Kier alpha value is -0.760. The summed E-state index contributed by atoms with van der Waals surface area (Å²) in [5, 5.41) is 13.9. The van der Waals surface area contributed by atoms with Crippen LogP contribution in [0.15, 0.2) is 24.1 Å². The van der Waals surface area contributed by atoms with Gasteiger partial charge in [0.15, 0.2) is 0 Å². The summed E-state index contributed by atoms with van der Waals surface area (Å²) in [4.78, 5) is 1.22. The summed E-state index contributed by atoms with van der Waals surface area (Å²) in [6, 6.07) is 4.07. The molecule has 2 nitrogen and oxygen atoms in total. The Labute approximate surface area is 99.0 Å². The van der Waals surface area contributed by atoms with Crippen LogP contribution in [0.3, 0.4) is 0 Å². The van der Waals surface area contributed by atoms with Crippen LogP contribution in [-0.4, -0.2) is 18.1 Å². The first-order chi connectivity index (χ1) is 7.36. The zero-order chi connectivity index (χ0) is 10.9. The number of nitrogens with zero attached hydrogens (tertiary/aromatic N) is 1. The average molecular weight is 238 g/mol. The lowest BCUT2D eigenvalue weighted by Gasteiger charge is -2.01. The molecule has 1 rings (SSSR count). The van der Waals surface area contributed by atoms with Crippen molar-refractivity contribution < 1.29 is 0 Å². The lowest BCUT2D eigenvalue weighted by atomic mass is 10.3. The molecule has 4 heteroatoms. The Kier molecular flexibility index (Phi) is 6.17. The van der Waals surface area contributed by atoms with E-state index in [1.54, 1.807) is 11.3 Å². The van der Waals surface area contributed by atoms with Crippen LogP contribution >= 0.6 is 23.1 Å². The van der Waals surface area contributed by atoms with Crippen molar-refractivity contribution in [3.63, 3.8) is 0 Å². The first-order valence-electron chi connectivity index (χ1n) is 4.73. The minimum atomic E-state index is 0.762. The molecule has 0 amide bonds. The summed E-state index contributed by atoms with van der Waals surface area (Å²) in [5.74, 6) is 2.11. The molecular formula is C11H14N2S2. The standard InChI is InChI=1S/C11H14N2S2/c1-2-4-14-5-3-13-8-11-6-10(7-12)9-15-11/h2,6,9,13H,1,3-5,8H2. The van der Waals surface area contributed by atoms with Crippen molar-refractivity contribution in [1.82, 2.24) is 5.32 Å². The van der Waals surface area contributed by atoms with Crippen molar-refractivity contribution in [2.45, 2.75) is 6.54 Å². The molecule has 1 N–H and O–H groups in total. The molecule has 1 aromatic rings. The van der Waals surface area contributed by atoms with Gasteiger partial charge < -0.3 is 5.32 Å². The van der Waals surface area contributed by atoms with E-state index in [0.717, 1.165) is 30.2 Å². The van der Waals surface area contributed by atoms with Gasteiger partial charge in [-0.2, -0.15) is 17.0 Å². The first kappa shape index (κ1) is 12.3. The lowest BCUT2D eigenvalue weighted by molar-refractivity contribution is 0.741. The monoisotopic (exact) mass is 238 g/mol. The van der Waals surface area contributed by atoms with Crippen LogP contribution in [0, 0.1) is 11.3 Å². The lowest BCUT2D eigenvalue weighted by Crippen LogP contribution is -2.15. The Morgan fingerprint density at radius 2 is 2.53 bits per heavy atom. The molecule has 0 unspecified atom stereocenters. The Balaban J connectivity index is 2.10. The average Bonchev–Trinajstić information content (AvgIpc) is 2.71. The highest BCUT2D eigenvalue weighted by Gasteiger charge is 1.97. The summed E-state index contributed by atoms with van der Waals surface area (Å²) < 4.78 is 0. The fourth-order valence-electron chi connectivity index (χ4n) is 1.05. The molecule has 0 bridgehead atoms. The molecule has 0 radical (unpaired) electrons. The third kappa shape index (κ3) is 5.03. The van der Waals surface area contributed by atoms with Gasteiger partial charge in [0, 0.05) is 34.9 Å². The Bertz CT molecular complexity index is 339. The number of hydrogen-bond acceptors (Lipinski definition) is 4. The van der Waals surface area contributed by atoms with Gasteiger partial charge in [0.2, 0.25) is 0 Å². The van der Waals surface area contributed by atoms with Crippen molar-refractivity contribution in [3.05, 3.63) is 34.5 Å². The van der Waals surface area contributed by atoms with Gasteiger partial charge in [-0.15, -0.1) is 17.9 Å². The molecule has 0 aromatic carbocycles. The maximum Gasteiger partial charge on any atom is 0.100 e. The molecule has 1 heterocycles. The quantitative estimate of drug-likeness (QED) is 0.586. The maximum atomic E-state index is 8.64. The number of rotatable bonds is 7. The van der Waals surface area contributed by atoms with E-state index in [2.05, 4.69) is 18.0 Å². The second-order valence-corrected chi connectivity index (χ2v) is 5.10. The van der Waals surface area contributed by atoms with Crippen LogP contribution in [0.2, 0.25) is 0 Å². The minimum absolute atomic E-state index is 0.762. The van der Waals surface area contributed by atoms with Crippen molar-refractivity contribution >= 4 is 23.1 Å². The second-order valence-electron chi connectivity index (χ2n) is 2.95. The first-order valence-corrected chi connectivity index (χ1v) is 6.77. The summed E-state index contributed by atoms with van der Waals surface area (Å²) in [6.07, 6.45) is 1.92. The van der Waals surface area contributed by atoms with Gasteiger partial charge in [-0.25, -0.2) is 0 Å². The number of nitrogens with one attached hydrogen (secondary N) is 1. The number of thiophene rings is 1. The van der Waals surface area contributed by atoms with Crippen LogP contribution in [0.1, 0.15) is 10.4 Å². The number of hydrogen-bond donors (Lipinski definition) is 1. The molecule has 0 saturated heterocycles. The van der Waals surface area contributed by atoms with Crippen molar-refractivity contribution in [1.29, 1.82) is 5.26 Å². The van der Waals surface area contributed by atoms with Crippen LogP contribution in [0.25, 0.3) is 0 Å². The zero-order valence-corrected chi connectivity index (χ0v) is 10.2. The van der Waals surface area contributed by atoms with Crippen molar-refractivity contribution in [2.75, 3.05) is 18.1 Å². The SMILES string of the molecule is C=CCSCCNCc1cc(C#N)cs1.